The fourth-order valence-corrected chi connectivity index (χ4v) is 1.18. The van der Waals surface area contributed by atoms with E-state index in [1.165, 1.54) is 12.7 Å². The average Bonchev–Trinajstić information content (AvgIpc) is 2.28. The molecule has 0 heterocycles. The zero-order chi connectivity index (χ0) is 12.0. The summed E-state index contributed by atoms with van der Waals surface area (Å²) in [5.41, 5.74) is 1.73. The molecule has 0 aliphatic heterocycles. The van der Waals surface area contributed by atoms with E-state index in [-0.39, 0.29) is 0 Å². The smallest absolute Gasteiger partial charge is 0.153 e. The lowest BCUT2D eigenvalue weighted by Gasteiger charge is -2.07. The number of methoxy groups -OCH3 is 1. The summed E-state index contributed by atoms with van der Waals surface area (Å²) in [6.07, 6.45) is 2.75. The monoisotopic (exact) mass is 220 g/mol. The zero-order valence-corrected chi connectivity index (χ0v) is 9.82. The molecule has 1 rings (SSSR count). The third kappa shape index (κ3) is 3.42. The van der Waals surface area contributed by atoms with Crippen molar-refractivity contribution in [2.45, 2.75) is 13.8 Å². The number of rotatable bonds is 5. The summed E-state index contributed by atoms with van der Waals surface area (Å²) in [5.74, 6) is 1.23. The lowest BCUT2D eigenvalue weighted by molar-refractivity contribution is 0.112. The fraction of sp³-hybridized carbons (Fsp3) is 0.308. The van der Waals surface area contributed by atoms with Crippen LogP contribution in [0.5, 0.6) is 11.5 Å². The number of ether oxygens (including phenoxy) is 2. The molecule has 0 fully saturated rings. The highest BCUT2D eigenvalue weighted by Crippen LogP contribution is 2.23. The summed E-state index contributed by atoms with van der Waals surface area (Å²) in [5, 5.41) is 0. The van der Waals surface area contributed by atoms with E-state index in [0.717, 1.165) is 6.29 Å². The molecule has 0 atom stereocenters. The first-order valence-corrected chi connectivity index (χ1v) is 5.06. The van der Waals surface area contributed by atoms with Crippen LogP contribution in [0, 0.1) is 0 Å². The normalized spacial score (nSPS) is 9.44. The summed E-state index contributed by atoms with van der Waals surface area (Å²) < 4.78 is 10.6. The second kappa shape index (κ2) is 5.95. The van der Waals surface area contributed by atoms with Crippen LogP contribution in [0.25, 0.3) is 0 Å². The summed E-state index contributed by atoms with van der Waals surface area (Å²) in [7, 11) is 1.53. The van der Waals surface area contributed by atoms with Crippen LogP contribution in [0.4, 0.5) is 0 Å². The van der Waals surface area contributed by atoms with Gasteiger partial charge in [0.1, 0.15) is 18.1 Å². The first kappa shape index (κ1) is 12.3. The summed E-state index contributed by atoms with van der Waals surface area (Å²) in [6, 6.07) is 5.15. The molecular weight excluding hydrogens is 204 g/mol. The Hall–Kier alpha value is -1.77. The number of aldehydes is 1. The summed E-state index contributed by atoms with van der Waals surface area (Å²) >= 11 is 0. The van der Waals surface area contributed by atoms with E-state index >= 15 is 0 Å². The van der Waals surface area contributed by atoms with Gasteiger partial charge in [-0.05, 0) is 32.1 Å². The highest BCUT2D eigenvalue weighted by atomic mass is 16.5. The van der Waals surface area contributed by atoms with Gasteiger partial charge in [-0.1, -0.05) is 5.57 Å². The number of benzene rings is 1. The van der Waals surface area contributed by atoms with Crippen LogP contribution < -0.4 is 9.47 Å². The third-order valence-corrected chi connectivity index (χ3v) is 2.07. The van der Waals surface area contributed by atoms with Gasteiger partial charge in [-0.2, -0.15) is 0 Å². The molecule has 1 aromatic rings. The van der Waals surface area contributed by atoms with Crippen LogP contribution in [-0.4, -0.2) is 20.0 Å². The van der Waals surface area contributed by atoms with E-state index in [0.29, 0.717) is 23.7 Å². The SMILES string of the molecule is COc1cc(OCC=C(C)C)ccc1C=O. The van der Waals surface area contributed by atoms with Crippen molar-refractivity contribution in [2.24, 2.45) is 0 Å². The van der Waals surface area contributed by atoms with Gasteiger partial charge in [0.05, 0.1) is 12.7 Å². The molecule has 0 N–H and O–H groups in total. The van der Waals surface area contributed by atoms with E-state index in [9.17, 15) is 4.79 Å². The maximum atomic E-state index is 10.7. The molecule has 3 heteroatoms. The van der Waals surface area contributed by atoms with Gasteiger partial charge in [0.2, 0.25) is 0 Å². The van der Waals surface area contributed by atoms with Crippen molar-refractivity contribution in [3.63, 3.8) is 0 Å². The Kier molecular flexibility index (Phi) is 4.58. The second-order valence-electron chi connectivity index (χ2n) is 3.61. The number of allylic oxidation sites excluding steroid dienone is 1. The van der Waals surface area contributed by atoms with Crippen LogP contribution in [0.1, 0.15) is 24.2 Å². The Morgan fingerprint density at radius 2 is 2.12 bits per heavy atom. The van der Waals surface area contributed by atoms with Gasteiger partial charge in [0, 0.05) is 6.07 Å². The quantitative estimate of drug-likeness (QED) is 0.565. The van der Waals surface area contributed by atoms with Crippen molar-refractivity contribution < 1.29 is 14.3 Å². The fourth-order valence-electron chi connectivity index (χ4n) is 1.18. The molecule has 86 valence electrons. The number of hydrogen-bond acceptors (Lipinski definition) is 3. The largest absolute Gasteiger partial charge is 0.496 e. The van der Waals surface area contributed by atoms with E-state index in [2.05, 4.69) is 0 Å². The van der Waals surface area contributed by atoms with Crippen LogP contribution >= 0.6 is 0 Å². The minimum absolute atomic E-state index is 0.520. The molecule has 16 heavy (non-hydrogen) atoms. The van der Waals surface area contributed by atoms with E-state index in [4.69, 9.17) is 9.47 Å². The van der Waals surface area contributed by atoms with Gasteiger partial charge >= 0.3 is 0 Å². The van der Waals surface area contributed by atoms with Crippen LogP contribution in [-0.2, 0) is 0 Å². The van der Waals surface area contributed by atoms with Crippen LogP contribution in [0.3, 0.4) is 0 Å². The predicted octanol–water partition coefficient (Wildman–Crippen LogP) is 2.85. The highest BCUT2D eigenvalue weighted by molar-refractivity contribution is 5.79. The Balaban J connectivity index is 2.75. The molecule has 1 aromatic carbocycles. The van der Waals surface area contributed by atoms with Gasteiger partial charge in [0.25, 0.3) is 0 Å². The Morgan fingerprint density at radius 3 is 2.69 bits per heavy atom. The number of carbonyl (C=O) groups excluding carboxylic acids is 1. The second-order valence-corrected chi connectivity index (χ2v) is 3.61. The molecule has 0 spiro atoms. The maximum Gasteiger partial charge on any atom is 0.153 e. The highest BCUT2D eigenvalue weighted by Gasteiger charge is 2.03. The first-order valence-electron chi connectivity index (χ1n) is 5.06. The van der Waals surface area contributed by atoms with Crippen LogP contribution in [0.15, 0.2) is 29.8 Å². The lowest BCUT2D eigenvalue weighted by atomic mass is 10.2. The van der Waals surface area contributed by atoms with E-state index < -0.39 is 0 Å². The minimum atomic E-state index is 0.520. The van der Waals surface area contributed by atoms with Crippen molar-refractivity contribution in [3.05, 3.63) is 35.4 Å². The van der Waals surface area contributed by atoms with E-state index in [1.54, 1.807) is 18.2 Å². The topological polar surface area (TPSA) is 35.5 Å². The number of carbonyl (C=O) groups is 1. The Bertz CT molecular complexity index is 390. The Labute approximate surface area is 95.7 Å². The number of hydrogen-bond donors (Lipinski definition) is 0. The molecular formula is C13H16O3. The van der Waals surface area contributed by atoms with Gasteiger partial charge in [-0.15, -0.1) is 0 Å². The van der Waals surface area contributed by atoms with Gasteiger partial charge < -0.3 is 9.47 Å². The molecule has 0 aliphatic rings. The molecule has 3 nitrogen and oxygen atoms in total. The van der Waals surface area contributed by atoms with Crippen molar-refractivity contribution >= 4 is 6.29 Å². The average molecular weight is 220 g/mol. The first-order chi connectivity index (χ1) is 7.67. The standard InChI is InChI=1S/C13H16O3/c1-10(2)6-7-16-12-5-4-11(9-14)13(8-12)15-3/h4-6,8-9H,7H2,1-3H3. The molecule has 0 aliphatic carbocycles. The van der Waals surface area contributed by atoms with E-state index in [1.807, 2.05) is 19.9 Å². The van der Waals surface area contributed by atoms with Crippen LogP contribution in [0.2, 0.25) is 0 Å². The van der Waals surface area contributed by atoms with Crippen molar-refractivity contribution in [1.29, 1.82) is 0 Å². The maximum absolute atomic E-state index is 10.7. The van der Waals surface area contributed by atoms with Gasteiger partial charge in [-0.25, -0.2) is 0 Å². The zero-order valence-electron chi connectivity index (χ0n) is 9.82. The molecule has 0 unspecified atom stereocenters. The van der Waals surface area contributed by atoms with Crippen molar-refractivity contribution in [1.82, 2.24) is 0 Å². The molecule has 0 aromatic heterocycles. The molecule has 0 radical (unpaired) electrons. The summed E-state index contributed by atoms with van der Waals surface area (Å²) in [4.78, 5) is 10.7. The molecule has 0 saturated carbocycles. The predicted molar refractivity (Wildman–Crippen MR) is 63.3 cm³/mol. The Morgan fingerprint density at radius 1 is 1.38 bits per heavy atom. The van der Waals surface area contributed by atoms with Crippen molar-refractivity contribution in [3.8, 4) is 11.5 Å². The molecule has 0 bridgehead atoms. The lowest BCUT2D eigenvalue weighted by Crippen LogP contribution is -1.96. The van der Waals surface area contributed by atoms with Gasteiger partial charge in [0.15, 0.2) is 6.29 Å². The molecule has 0 amide bonds. The minimum Gasteiger partial charge on any atom is -0.496 e. The summed E-state index contributed by atoms with van der Waals surface area (Å²) in [6.45, 7) is 4.55. The van der Waals surface area contributed by atoms with Crippen molar-refractivity contribution in [2.75, 3.05) is 13.7 Å². The third-order valence-electron chi connectivity index (χ3n) is 2.07. The molecule has 0 saturated heterocycles. The van der Waals surface area contributed by atoms with Gasteiger partial charge in [-0.3, -0.25) is 4.79 Å².